The summed E-state index contributed by atoms with van der Waals surface area (Å²) in [7, 11) is -7.19. The Labute approximate surface area is 154 Å². The maximum atomic E-state index is 13.1. The molecule has 0 aliphatic carbocycles. The summed E-state index contributed by atoms with van der Waals surface area (Å²) >= 11 is 1.30. The summed E-state index contributed by atoms with van der Waals surface area (Å²) < 4.78 is 52.1. The lowest BCUT2D eigenvalue weighted by Crippen LogP contribution is -2.32. The van der Waals surface area contributed by atoms with Gasteiger partial charge in [-0.15, -0.1) is 11.3 Å². The minimum Gasteiger partial charge on any atom is -0.223 e. The number of sulfone groups is 1. The van der Waals surface area contributed by atoms with Crippen LogP contribution in [0.15, 0.2) is 46.7 Å². The van der Waals surface area contributed by atoms with Crippen molar-refractivity contribution in [3.63, 3.8) is 0 Å². The third-order valence-electron chi connectivity index (χ3n) is 3.98. The molecule has 8 heteroatoms. The second kappa shape index (κ2) is 7.99. The predicted octanol–water partition coefficient (Wildman–Crippen LogP) is 3.33. The van der Waals surface area contributed by atoms with E-state index in [9.17, 15) is 16.8 Å². The fourth-order valence-corrected chi connectivity index (χ4v) is 5.86. The molecule has 0 bridgehead atoms. The molecule has 1 atom stereocenters. The van der Waals surface area contributed by atoms with E-state index < -0.39 is 25.1 Å². The zero-order chi connectivity index (χ0) is 18.7. The molecule has 1 aromatic carbocycles. The zero-order valence-electron chi connectivity index (χ0n) is 14.5. The van der Waals surface area contributed by atoms with Gasteiger partial charge in [-0.05, 0) is 42.0 Å². The summed E-state index contributed by atoms with van der Waals surface area (Å²) in [5.41, 5.74) is 1.05. The van der Waals surface area contributed by atoms with Crippen LogP contribution >= 0.6 is 11.3 Å². The molecule has 0 amide bonds. The van der Waals surface area contributed by atoms with E-state index in [0.717, 1.165) is 5.56 Å². The van der Waals surface area contributed by atoms with Crippen LogP contribution in [0.1, 0.15) is 42.4 Å². The van der Waals surface area contributed by atoms with E-state index in [4.69, 9.17) is 0 Å². The van der Waals surface area contributed by atoms with Crippen molar-refractivity contribution in [3.8, 4) is 0 Å². The van der Waals surface area contributed by atoms with Crippen molar-refractivity contribution in [2.75, 3.05) is 12.3 Å². The van der Waals surface area contributed by atoms with Gasteiger partial charge in [0.1, 0.15) is 5.25 Å². The highest BCUT2D eigenvalue weighted by Crippen LogP contribution is 2.32. The fraction of sp³-hybridized carbons (Fsp3) is 0.412. The molecule has 0 aliphatic heterocycles. The van der Waals surface area contributed by atoms with Gasteiger partial charge in [0.15, 0.2) is 9.84 Å². The van der Waals surface area contributed by atoms with Gasteiger partial charge in [-0.2, -0.15) is 0 Å². The van der Waals surface area contributed by atoms with Crippen molar-refractivity contribution >= 4 is 31.2 Å². The first-order chi connectivity index (χ1) is 11.7. The van der Waals surface area contributed by atoms with Crippen molar-refractivity contribution in [1.82, 2.24) is 4.72 Å². The summed E-state index contributed by atoms with van der Waals surface area (Å²) in [6.07, 6.45) is 0. The number of nitrogens with one attached hydrogen (secondary N) is 1. The van der Waals surface area contributed by atoms with Gasteiger partial charge in [-0.1, -0.05) is 32.0 Å². The normalized spacial score (nSPS) is 13.9. The van der Waals surface area contributed by atoms with Gasteiger partial charge in [0, 0.05) is 11.4 Å². The summed E-state index contributed by atoms with van der Waals surface area (Å²) in [6.45, 7) is 5.42. The lowest BCUT2D eigenvalue weighted by molar-refractivity contribution is 0.570. The molecule has 1 aromatic heterocycles. The van der Waals surface area contributed by atoms with E-state index in [-0.39, 0.29) is 17.2 Å². The van der Waals surface area contributed by atoms with Crippen molar-refractivity contribution in [3.05, 3.63) is 52.2 Å². The SMILES string of the molecule is CCS(=O)(=O)NC[C@@H](c1cccs1)S(=O)(=O)c1ccc(C(C)C)cc1. The van der Waals surface area contributed by atoms with E-state index in [1.807, 2.05) is 13.8 Å². The van der Waals surface area contributed by atoms with Crippen LogP contribution in [0.5, 0.6) is 0 Å². The standard InChI is InChI=1S/C17H23NO4S3/c1-4-24(19,20)18-12-17(16-6-5-11-23-16)25(21,22)15-9-7-14(8-10-15)13(2)3/h5-11,13,17-18H,4,12H2,1-3H3/t17-/m0/s1. The number of hydrogen-bond donors (Lipinski definition) is 1. The molecule has 25 heavy (non-hydrogen) atoms. The highest BCUT2D eigenvalue weighted by Gasteiger charge is 2.31. The quantitative estimate of drug-likeness (QED) is 0.736. The molecule has 0 aliphatic rings. The van der Waals surface area contributed by atoms with Gasteiger partial charge in [0.25, 0.3) is 0 Å². The number of thiophene rings is 1. The van der Waals surface area contributed by atoms with Crippen LogP contribution in [0.2, 0.25) is 0 Å². The maximum Gasteiger partial charge on any atom is 0.211 e. The Morgan fingerprint density at radius 3 is 2.16 bits per heavy atom. The second-order valence-electron chi connectivity index (χ2n) is 6.02. The monoisotopic (exact) mass is 401 g/mol. The molecule has 138 valence electrons. The predicted molar refractivity (Wildman–Crippen MR) is 102 cm³/mol. The maximum absolute atomic E-state index is 13.1. The van der Waals surface area contributed by atoms with Gasteiger partial charge in [-0.3, -0.25) is 0 Å². The number of rotatable bonds is 8. The molecular weight excluding hydrogens is 378 g/mol. The molecule has 2 aromatic rings. The lowest BCUT2D eigenvalue weighted by Gasteiger charge is -2.18. The fourth-order valence-electron chi connectivity index (χ4n) is 2.35. The van der Waals surface area contributed by atoms with Crippen LogP contribution in [0, 0.1) is 0 Å². The number of hydrogen-bond acceptors (Lipinski definition) is 5. The van der Waals surface area contributed by atoms with Crippen LogP contribution in [0.25, 0.3) is 0 Å². The molecule has 0 radical (unpaired) electrons. The zero-order valence-corrected chi connectivity index (χ0v) is 16.9. The Balaban J connectivity index is 2.38. The average molecular weight is 402 g/mol. The minimum absolute atomic E-state index is 0.0900. The third-order valence-corrected chi connectivity index (χ3v) is 8.58. The molecule has 1 heterocycles. The van der Waals surface area contributed by atoms with Crippen LogP contribution in [0.4, 0.5) is 0 Å². The molecule has 5 nitrogen and oxygen atoms in total. The first kappa shape index (κ1) is 20.1. The van der Waals surface area contributed by atoms with Crippen molar-refractivity contribution < 1.29 is 16.8 Å². The smallest absolute Gasteiger partial charge is 0.211 e. The molecular formula is C17H23NO4S3. The molecule has 0 fully saturated rings. The summed E-state index contributed by atoms with van der Waals surface area (Å²) in [5.74, 6) is 0.217. The topological polar surface area (TPSA) is 80.3 Å². The Bertz CT molecular complexity index is 884. The Morgan fingerprint density at radius 1 is 1.04 bits per heavy atom. The van der Waals surface area contributed by atoms with Crippen LogP contribution < -0.4 is 4.72 Å². The molecule has 0 spiro atoms. The van der Waals surface area contributed by atoms with E-state index in [2.05, 4.69) is 4.72 Å². The summed E-state index contributed by atoms with van der Waals surface area (Å²) in [5, 5.41) is 0.840. The first-order valence-electron chi connectivity index (χ1n) is 8.02. The minimum atomic E-state index is -3.71. The first-order valence-corrected chi connectivity index (χ1v) is 12.1. The highest BCUT2D eigenvalue weighted by atomic mass is 32.2. The lowest BCUT2D eigenvalue weighted by atomic mass is 10.0. The van der Waals surface area contributed by atoms with Gasteiger partial charge in [0.2, 0.25) is 10.0 Å². The van der Waals surface area contributed by atoms with E-state index in [1.54, 1.807) is 41.8 Å². The molecule has 0 saturated heterocycles. The van der Waals surface area contributed by atoms with Crippen LogP contribution in [0.3, 0.4) is 0 Å². The Hall–Kier alpha value is -1.22. The molecule has 0 saturated carbocycles. The summed E-state index contributed by atoms with van der Waals surface area (Å²) in [4.78, 5) is 0.817. The Kier molecular flexibility index (Phi) is 6.42. The van der Waals surface area contributed by atoms with Crippen LogP contribution in [-0.2, 0) is 19.9 Å². The van der Waals surface area contributed by atoms with Crippen molar-refractivity contribution in [2.45, 2.75) is 36.8 Å². The second-order valence-corrected chi connectivity index (χ2v) is 11.2. The third kappa shape index (κ3) is 4.91. The number of benzene rings is 1. The van der Waals surface area contributed by atoms with E-state index in [1.165, 1.54) is 18.3 Å². The van der Waals surface area contributed by atoms with Gasteiger partial charge in [-0.25, -0.2) is 21.6 Å². The molecule has 2 rings (SSSR count). The van der Waals surface area contributed by atoms with E-state index in [0.29, 0.717) is 10.8 Å². The van der Waals surface area contributed by atoms with Gasteiger partial charge >= 0.3 is 0 Å². The number of sulfonamides is 1. The summed E-state index contributed by atoms with van der Waals surface area (Å²) in [6, 6.07) is 10.3. The average Bonchev–Trinajstić information content (AvgIpc) is 3.09. The highest BCUT2D eigenvalue weighted by molar-refractivity contribution is 7.92. The van der Waals surface area contributed by atoms with Crippen molar-refractivity contribution in [2.24, 2.45) is 0 Å². The van der Waals surface area contributed by atoms with Crippen LogP contribution in [-0.4, -0.2) is 29.1 Å². The van der Waals surface area contributed by atoms with E-state index >= 15 is 0 Å². The largest absolute Gasteiger partial charge is 0.223 e. The van der Waals surface area contributed by atoms with Gasteiger partial charge < -0.3 is 0 Å². The Morgan fingerprint density at radius 2 is 1.68 bits per heavy atom. The van der Waals surface area contributed by atoms with Gasteiger partial charge in [0.05, 0.1) is 10.6 Å². The molecule has 0 unspecified atom stereocenters. The van der Waals surface area contributed by atoms with Crippen molar-refractivity contribution in [1.29, 1.82) is 0 Å². The molecule has 1 N–H and O–H groups in total.